The minimum absolute atomic E-state index is 0.155. The molecule has 3 aromatic rings. The van der Waals surface area contributed by atoms with E-state index in [4.69, 9.17) is 4.74 Å². The van der Waals surface area contributed by atoms with Crippen LogP contribution in [-0.4, -0.2) is 60.1 Å². The first kappa shape index (κ1) is 24.4. The van der Waals surface area contributed by atoms with E-state index in [-0.39, 0.29) is 12.5 Å². The van der Waals surface area contributed by atoms with Gasteiger partial charge in [0.2, 0.25) is 5.95 Å². The molecule has 0 saturated heterocycles. The van der Waals surface area contributed by atoms with E-state index in [0.29, 0.717) is 35.7 Å². The Bertz CT molecular complexity index is 1090. The number of benzene rings is 1. The number of thiazole rings is 1. The van der Waals surface area contributed by atoms with Crippen LogP contribution in [0, 0.1) is 0 Å². The van der Waals surface area contributed by atoms with E-state index < -0.39 is 23.3 Å². The zero-order valence-electron chi connectivity index (χ0n) is 18.2. The number of hydrogen-bond donors (Lipinski definition) is 2. The number of alkyl halides is 3. The minimum atomic E-state index is -4.77. The predicted molar refractivity (Wildman–Crippen MR) is 120 cm³/mol. The van der Waals surface area contributed by atoms with Crippen molar-refractivity contribution >= 4 is 28.3 Å². The molecule has 0 atom stereocenters. The first-order chi connectivity index (χ1) is 15.7. The molecule has 33 heavy (non-hydrogen) atoms. The standard InChI is InChI=1S/C21H23F3N6O2S/c1-30(2)10-4-9-25-18(31)17-15(21(22,23)24)11-26-19(28-17)29-20-27-16(12-33-20)13-5-7-14(32-3)8-6-13/h5-8,11-12H,4,9-10H2,1-3H3,(H,25,31)(H,26,27,28,29). The lowest BCUT2D eigenvalue weighted by atomic mass is 10.2. The predicted octanol–water partition coefficient (Wildman–Crippen LogP) is 4.05. The molecule has 2 aromatic heterocycles. The molecule has 8 nitrogen and oxygen atoms in total. The molecule has 1 amide bonds. The Hall–Kier alpha value is -3.25. The quantitative estimate of drug-likeness (QED) is 0.447. The molecule has 0 aliphatic rings. The van der Waals surface area contributed by atoms with E-state index in [1.54, 1.807) is 24.6 Å². The highest BCUT2D eigenvalue weighted by Gasteiger charge is 2.37. The van der Waals surface area contributed by atoms with Crippen LogP contribution in [0.15, 0.2) is 35.8 Å². The third kappa shape index (κ3) is 6.62. The molecule has 2 N–H and O–H groups in total. The smallest absolute Gasteiger partial charge is 0.420 e. The highest BCUT2D eigenvalue weighted by atomic mass is 32.1. The topological polar surface area (TPSA) is 92.3 Å². The third-order valence-corrected chi connectivity index (χ3v) is 5.24. The summed E-state index contributed by atoms with van der Waals surface area (Å²) in [5, 5.41) is 7.42. The maximum Gasteiger partial charge on any atom is 0.420 e. The molecule has 3 rings (SSSR count). The van der Waals surface area contributed by atoms with Crippen molar-refractivity contribution in [2.75, 3.05) is 39.6 Å². The normalized spacial score (nSPS) is 11.5. The number of halogens is 3. The van der Waals surface area contributed by atoms with Gasteiger partial charge in [0.25, 0.3) is 5.91 Å². The highest BCUT2D eigenvalue weighted by Crippen LogP contribution is 2.32. The fraction of sp³-hybridized carbons (Fsp3) is 0.333. The minimum Gasteiger partial charge on any atom is -0.497 e. The average Bonchev–Trinajstić information content (AvgIpc) is 3.24. The SMILES string of the molecule is COc1ccc(-c2csc(Nc3ncc(C(F)(F)F)c(C(=O)NCCCN(C)C)n3)n2)cc1. The molecule has 0 spiro atoms. The number of anilines is 2. The molecule has 12 heteroatoms. The van der Waals surface area contributed by atoms with Gasteiger partial charge in [0.15, 0.2) is 5.13 Å². The van der Waals surface area contributed by atoms with Gasteiger partial charge in [-0.3, -0.25) is 4.79 Å². The lowest BCUT2D eigenvalue weighted by Gasteiger charge is -2.13. The number of aromatic nitrogens is 3. The van der Waals surface area contributed by atoms with Gasteiger partial charge in [0.1, 0.15) is 17.0 Å². The lowest BCUT2D eigenvalue weighted by molar-refractivity contribution is -0.138. The van der Waals surface area contributed by atoms with Gasteiger partial charge in [-0.1, -0.05) is 0 Å². The van der Waals surface area contributed by atoms with Crippen molar-refractivity contribution in [2.45, 2.75) is 12.6 Å². The number of hydrogen-bond acceptors (Lipinski definition) is 8. The van der Waals surface area contributed by atoms with Crippen molar-refractivity contribution in [3.05, 3.63) is 47.1 Å². The Balaban J connectivity index is 1.77. The number of nitrogens with one attached hydrogen (secondary N) is 2. The Labute approximate surface area is 192 Å². The summed E-state index contributed by atoms with van der Waals surface area (Å²) in [7, 11) is 5.30. The van der Waals surface area contributed by atoms with Gasteiger partial charge in [-0.2, -0.15) is 13.2 Å². The van der Waals surface area contributed by atoms with Crippen molar-refractivity contribution in [2.24, 2.45) is 0 Å². The fourth-order valence-corrected chi connectivity index (χ4v) is 3.54. The molecule has 2 heterocycles. The zero-order chi connectivity index (χ0) is 24.0. The summed E-state index contributed by atoms with van der Waals surface area (Å²) in [5.41, 5.74) is -0.435. The Morgan fingerprint density at radius 2 is 1.91 bits per heavy atom. The van der Waals surface area contributed by atoms with E-state index in [9.17, 15) is 18.0 Å². The second-order valence-electron chi connectivity index (χ2n) is 7.26. The van der Waals surface area contributed by atoms with Crippen LogP contribution in [0.25, 0.3) is 11.3 Å². The van der Waals surface area contributed by atoms with E-state index in [1.165, 1.54) is 11.3 Å². The molecule has 0 bridgehead atoms. The second-order valence-corrected chi connectivity index (χ2v) is 8.12. The fourth-order valence-electron chi connectivity index (χ4n) is 2.82. The number of nitrogens with zero attached hydrogens (tertiary/aromatic N) is 4. The summed E-state index contributed by atoms with van der Waals surface area (Å²) in [5.74, 6) is -0.361. The van der Waals surface area contributed by atoms with Gasteiger partial charge in [-0.15, -0.1) is 11.3 Å². The van der Waals surface area contributed by atoms with E-state index >= 15 is 0 Å². The number of carbonyl (C=O) groups excluding carboxylic acids is 1. The van der Waals surface area contributed by atoms with Crippen LogP contribution in [0.4, 0.5) is 24.3 Å². The molecule has 0 saturated carbocycles. The summed E-state index contributed by atoms with van der Waals surface area (Å²) in [4.78, 5) is 26.3. The van der Waals surface area contributed by atoms with Gasteiger partial charge in [-0.05, 0) is 51.3 Å². The summed E-state index contributed by atoms with van der Waals surface area (Å²) in [6.07, 6.45) is -3.58. The van der Waals surface area contributed by atoms with Crippen molar-refractivity contribution in [3.8, 4) is 17.0 Å². The summed E-state index contributed by atoms with van der Waals surface area (Å²) in [6.45, 7) is 0.905. The zero-order valence-corrected chi connectivity index (χ0v) is 19.0. The Morgan fingerprint density at radius 1 is 1.18 bits per heavy atom. The van der Waals surface area contributed by atoms with Crippen molar-refractivity contribution < 1.29 is 22.7 Å². The molecule has 0 unspecified atom stereocenters. The number of ether oxygens (including phenoxy) is 1. The number of amides is 1. The second kappa shape index (κ2) is 10.6. The molecule has 1 aromatic carbocycles. The summed E-state index contributed by atoms with van der Waals surface area (Å²) >= 11 is 1.23. The van der Waals surface area contributed by atoms with Crippen LogP contribution in [0.1, 0.15) is 22.5 Å². The van der Waals surface area contributed by atoms with Gasteiger partial charge < -0.3 is 20.3 Å². The third-order valence-electron chi connectivity index (χ3n) is 4.49. The van der Waals surface area contributed by atoms with Gasteiger partial charge in [0, 0.05) is 23.7 Å². The highest BCUT2D eigenvalue weighted by molar-refractivity contribution is 7.14. The van der Waals surface area contributed by atoms with Crippen LogP contribution < -0.4 is 15.4 Å². The van der Waals surface area contributed by atoms with Crippen LogP contribution in [0.2, 0.25) is 0 Å². The van der Waals surface area contributed by atoms with Crippen LogP contribution in [0.5, 0.6) is 5.75 Å². The molecule has 0 fully saturated rings. The maximum atomic E-state index is 13.4. The van der Waals surface area contributed by atoms with E-state index in [2.05, 4.69) is 25.6 Å². The van der Waals surface area contributed by atoms with Crippen molar-refractivity contribution in [3.63, 3.8) is 0 Å². The first-order valence-corrected chi connectivity index (χ1v) is 10.8. The molecular weight excluding hydrogens is 457 g/mol. The number of methoxy groups -OCH3 is 1. The summed E-state index contributed by atoms with van der Waals surface area (Å²) < 4.78 is 45.3. The van der Waals surface area contributed by atoms with Crippen LogP contribution in [0.3, 0.4) is 0 Å². The summed E-state index contributed by atoms with van der Waals surface area (Å²) in [6, 6.07) is 7.27. The monoisotopic (exact) mass is 480 g/mol. The number of carbonyl (C=O) groups is 1. The van der Waals surface area contributed by atoms with Crippen molar-refractivity contribution in [1.82, 2.24) is 25.2 Å². The molecule has 0 aliphatic heterocycles. The lowest BCUT2D eigenvalue weighted by Crippen LogP contribution is -2.30. The number of rotatable bonds is 9. The van der Waals surface area contributed by atoms with E-state index in [1.807, 2.05) is 31.1 Å². The molecular formula is C21H23F3N6O2S. The largest absolute Gasteiger partial charge is 0.497 e. The van der Waals surface area contributed by atoms with Crippen molar-refractivity contribution in [1.29, 1.82) is 0 Å². The average molecular weight is 481 g/mol. The van der Waals surface area contributed by atoms with E-state index in [0.717, 1.165) is 5.56 Å². The molecule has 0 aliphatic carbocycles. The molecule has 0 radical (unpaired) electrons. The van der Waals surface area contributed by atoms with Gasteiger partial charge >= 0.3 is 6.18 Å². The molecule has 176 valence electrons. The van der Waals surface area contributed by atoms with Gasteiger partial charge in [-0.25, -0.2) is 15.0 Å². The maximum absolute atomic E-state index is 13.4. The Kier molecular flexibility index (Phi) is 7.82. The van der Waals surface area contributed by atoms with Gasteiger partial charge in [0.05, 0.1) is 12.8 Å². The Morgan fingerprint density at radius 3 is 2.55 bits per heavy atom. The van der Waals surface area contributed by atoms with Crippen LogP contribution in [-0.2, 0) is 6.18 Å². The van der Waals surface area contributed by atoms with Crippen LogP contribution >= 0.6 is 11.3 Å². The first-order valence-electron chi connectivity index (χ1n) is 9.91.